The molecule has 132 valence electrons. The fourth-order valence-electron chi connectivity index (χ4n) is 3.36. The van der Waals surface area contributed by atoms with Gasteiger partial charge in [-0.2, -0.15) is 0 Å². The van der Waals surface area contributed by atoms with Crippen molar-refractivity contribution in [3.63, 3.8) is 0 Å². The van der Waals surface area contributed by atoms with Crippen LogP contribution in [0.5, 0.6) is 0 Å². The summed E-state index contributed by atoms with van der Waals surface area (Å²) in [5, 5.41) is 1.37. The monoisotopic (exact) mass is 407 g/mol. The predicted molar refractivity (Wildman–Crippen MR) is 101 cm³/mol. The molecule has 1 unspecified atom stereocenters. The number of carbonyl (C=O) groups is 2. The number of cyclic esters (lactones) is 1. The first-order chi connectivity index (χ1) is 12.5. The third-order valence-corrected chi connectivity index (χ3v) is 5.54. The number of amides is 1. The van der Waals surface area contributed by atoms with Crippen molar-refractivity contribution in [2.75, 3.05) is 11.5 Å². The molecule has 2 aliphatic rings. The van der Waals surface area contributed by atoms with E-state index >= 15 is 0 Å². The van der Waals surface area contributed by atoms with E-state index in [4.69, 9.17) is 39.5 Å². The van der Waals surface area contributed by atoms with Crippen molar-refractivity contribution in [1.29, 1.82) is 0 Å². The zero-order valence-corrected chi connectivity index (χ0v) is 15.6. The molecule has 0 radical (unpaired) electrons. The first-order valence-corrected chi connectivity index (χ1v) is 9.02. The van der Waals surface area contributed by atoms with Crippen molar-refractivity contribution in [2.45, 2.75) is 12.3 Å². The summed E-state index contributed by atoms with van der Waals surface area (Å²) in [6.07, 6.45) is 0.133. The Morgan fingerprint density at radius 2 is 1.69 bits per heavy atom. The van der Waals surface area contributed by atoms with Crippen LogP contribution in [0.2, 0.25) is 15.1 Å². The standard InChI is InChI=1S/C19H12Cl3NO3/c20-11-2-4-12(5-3-11)23-16-9-26-19(25)18(16)13(8-17(23)24)10-1-6-14(21)15(22)7-10/h1-7,13H,8-9H2. The van der Waals surface area contributed by atoms with Crippen molar-refractivity contribution in [2.24, 2.45) is 0 Å². The number of anilines is 1. The van der Waals surface area contributed by atoms with Gasteiger partial charge < -0.3 is 4.74 Å². The molecule has 2 aromatic carbocycles. The van der Waals surface area contributed by atoms with Crippen molar-refractivity contribution in [1.82, 2.24) is 0 Å². The van der Waals surface area contributed by atoms with E-state index in [0.29, 0.717) is 32.0 Å². The van der Waals surface area contributed by atoms with Crippen molar-refractivity contribution >= 4 is 52.4 Å². The molecule has 7 heteroatoms. The van der Waals surface area contributed by atoms with Crippen molar-refractivity contribution < 1.29 is 14.3 Å². The highest BCUT2D eigenvalue weighted by molar-refractivity contribution is 6.42. The summed E-state index contributed by atoms with van der Waals surface area (Å²) in [6, 6.07) is 12.0. The van der Waals surface area contributed by atoms with Gasteiger partial charge in [0.15, 0.2) is 0 Å². The van der Waals surface area contributed by atoms with E-state index < -0.39 is 11.9 Å². The molecule has 1 amide bonds. The van der Waals surface area contributed by atoms with Gasteiger partial charge in [-0.05, 0) is 42.0 Å². The quantitative estimate of drug-likeness (QED) is 0.659. The molecule has 0 N–H and O–H groups in total. The average molecular weight is 409 g/mol. The van der Waals surface area contributed by atoms with E-state index in [-0.39, 0.29) is 18.9 Å². The van der Waals surface area contributed by atoms with Crippen LogP contribution in [-0.2, 0) is 14.3 Å². The number of halogens is 3. The van der Waals surface area contributed by atoms with Crippen LogP contribution in [0.4, 0.5) is 5.69 Å². The summed E-state index contributed by atoms with van der Waals surface area (Å²) in [4.78, 5) is 26.8. The Kier molecular flexibility index (Phi) is 4.43. The average Bonchev–Trinajstić information content (AvgIpc) is 2.99. The lowest BCUT2D eigenvalue weighted by Gasteiger charge is -2.32. The summed E-state index contributed by atoms with van der Waals surface area (Å²) in [6.45, 7) is 0.0559. The molecule has 26 heavy (non-hydrogen) atoms. The molecule has 1 atom stereocenters. The number of esters is 1. The van der Waals surface area contributed by atoms with Crippen LogP contribution in [-0.4, -0.2) is 18.5 Å². The number of hydrogen-bond donors (Lipinski definition) is 0. The number of benzene rings is 2. The number of carbonyl (C=O) groups excluding carboxylic acids is 2. The Bertz CT molecular complexity index is 953. The molecule has 0 fully saturated rings. The van der Waals surface area contributed by atoms with Crippen LogP contribution in [0.1, 0.15) is 17.9 Å². The van der Waals surface area contributed by atoms with Crippen LogP contribution in [0.3, 0.4) is 0 Å². The SMILES string of the molecule is O=C1OCC2=C1C(c1ccc(Cl)c(Cl)c1)CC(=O)N2c1ccc(Cl)cc1. The molecule has 0 aliphatic carbocycles. The van der Waals surface area contributed by atoms with Gasteiger partial charge in [-0.25, -0.2) is 4.79 Å². The molecule has 0 saturated heterocycles. The van der Waals surface area contributed by atoms with Gasteiger partial charge in [-0.15, -0.1) is 0 Å². The second kappa shape index (κ2) is 6.62. The topological polar surface area (TPSA) is 46.6 Å². The van der Waals surface area contributed by atoms with E-state index in [9.17, 15) is 9.59 Å². The van der Waals surface area contributed by atoms with E-state index in [1.807, 2.05) is 0 Å². The number of ether oxygens (including phenoxy) is 1. The number of hydrogen-bond acceptors (Lipinski definition) is 3. The Hall–Kier alpha value is -2.01. The van der Waals surface area contributed by atoms with Crippen LogP contribution in [0.25, 0.3) is 0 Å². The third-order valence-electron chi connectivity index (χ3n) is 4.55. The fourth-order valence-corrected chi connectivity index (χ4v) is 3.79. The Morgan fingerprint density at radius 1 is 0.962 bits per heavy atom. The maximum atomic E-state index is 12.9. The minimum absolute atomic E-state index is 0.0559. The number of nitrogens with zero attached hydrogens (tertiary/aromatic N) is 1. The van der Waals surface area contributed by atoms with Gasteiger partial charge in [0.05, 0.1) is 21.3 Å². The first kappa shape index (κ1) is 17.4. The van der Waals surface area contributed by atoms with E-state index in [0.717, 1.165) is 5.56 Å². The van der Waals surface area contributed by atoms with Crippen LogP contribution >= 0.6 is 34.8 Å². The first-order valence-electron chi connectivity index (χ1n) is 7.89. The molecule has 4 rings (SSSR count). The van der Waals surface area contributed by atoms with E-state index in [1.165, 1.54) is 4.90 Å². The van der Waals surface area contributed by atoms with Crippen LogP contribution < -0.4 is 4.90 Å². The van der Waals surface area contributed by atoms with E-state index in [2.05, 4.69) is 0 Å². The second-order valence-electron chi connectivity index (χ2n) is 6.07. The second-order valence-corrected chi connectivity index (χ2v) is 7.32. The Balaban J connectivity index is 1.82. The van der Waals surface area contributed by atoms with Gasteiger partial charge in [-0.1, -0.05) is 40.9 Å². The zero-order valence-electron chi connectivity index (χ0n) is 13.3. The molecule has 0 aromatic heterocycles. The summed E-state index contributed by atoms with van der Waals surface area (Å²) in [5.74, 6) is -0.950. The molecular weight excluding hydrogens is 397 g/mol. The molecule has 4 nitrogen and oxygen atoms in total. The summed E-state index contributed by atoms with van der Waals surface area (Å²) in [7, 11) is 0. The minimum Gasteiger partial charge on any atom is -0.456 e. The Labute approximate surface area is 164 Å². The Morgan fingerprint density at radius 3 is 2.38 bits per heavy atom. The van der Waals surface area contributed by atoms with Crippen molar-refractivity contribution in [3.8, 4) is 0 Å². The summed E-state index contributed by atoms with van der Waals surface area (Å²) >= 11 is 18.0. The van der Waals surface area contributed by atoms with Gasteiger partial charge >= 0.3 is 5.97 Å². The maximum absolute atomic E-state index is 12.9. The highest BCUT2D eigenvalue weighted by atomic mass is 35.5. The highest BCUT2D eigenvalue weighted by Crippen LogP contribution is 2.42. The fraction of sp³-hybridized carbons (Fsp3) is 0.158. The third kappa shape index (κ3) is 2.88. The molecular formula is C19H12Cl3NO3. The van der Waals surface area contributed by atoms with Gasteiger partial charge in [0.2, 0.25) is 5.91 Å². The maximum Gasteiger partial charge on any atom is 0.336 e. The molecule has 0 saturated carbocycles. The molecule has 2 heterocycles. The van der Waals surface area contributed by atoms with Gasteiger partial charge in [0.1, 0.15) is 6.61 Å². The molecule has 0 bridgehead atoms. The smallest absolute Gasteiger partial charge is 0.336 e. The zero-order chi connectivity index (χ0) is 18.4. The lowest BCUT2D eigenvalue weighted by Crippen LogP contribution is -2.37. The lowest BCUT2D eigenvalue weighted by molar-refractivity contribution is -0.136. The molecule has 2 aliphatic heterocycles. The van der Waals surface area contributed by atoms with Gasteiger partial charge in [-0.3, -0.25) is 9.69 Å². The van der Waals surface area contributed by atoms with Gasteiger partial charge in [0.25, 0.3) is 0 Å². The largest absolute Gasteiger partial charge is 0.456 e. The van der Waals surface area contributed by atoms with E-state index in [1.54, 1.807) is 42.5 Å². The highest BCUT2D eigenvalue weighted by Gasteiger charge is 2.43. The molecule has 2 aromatic rings. The van der Waals surface area contributed by atoms with Crippen molar-refractivity contribution in [3.05, 3.63) is 74.4 Å². The van der Waals surface area contributed by atoms with Crippen LogP contribution in [0.15, 0.2) is 53.7 Å². The molecule has 0 spiro atoms. The minimum atomic E-state index is -0.414. The lowest BCUT2D eigenvalue weighted by atomic mass is 9.84. The predicted octanol–water partition coefficient (Wildman–Crippen LogP) is 4.98. The van der Waals surface area contributed by atoms with Gasteiger partial charge in [0, 0.05) is 23.0 Å². The number of rotatable bonds is 2. The van der Waals surface area contributed by atoms with Crippen LogP contribution in [0, 0.1) is 0 Å². The summed E-state index contributed by atoms with van der Waals surface area (Å²) < 4.78 is 5.24. The summed E-state index contributed by atoms with van der Waals surface area (Å²) in [5.41, 5.74) is 2.45. The normalized spacial score (nSPS) is 19.7.